The Labute approximate surface area is 164 Å². The van der Waals surface area contributed by atoms with Crippen molar-refractivity contribution in [2.75, 3.05) is 19.5 Å². The first-order valence-electron chi connectivity index (χ1n) is 8.94. The smallest absolute Gasteiger partial charge is 0.230 e. The Balaban J connectivity index is 1.49. The molecule has 27 heavy (non-hydrogen) atoms. The molecule has 2 aromatic rings. The number of rotatable bonds is 8. The van der Waals surface area contributed by atoms with E-state index in [4.69, 9.17) is 15.9 Å². The Hall–Kier alpha value is -2.58. The highest BCUT2D eigenvalue weighted by molar-refractivity contribution is 8.00. The number of carbonyl (C=O) groups excluding carboxylic acids is 1. The molecule has 1 aliphatic carbocycles. The first kappa shape index (κ1) is 19.2. The zero-order valence-electron chi connectivity index (χ0n) is 15.4. The Morgan fingerprint density at radius 1 is 1.19 bits per heavy atom. The number of carbonyl (C=O) groups is 1. The maximum absolute atomic E-state index is 12.2. The van der Waals surface area contributed by atoms with E-state index in [1.165, 1.54) is 35.7 Å². The van der Waals surface area contributed by atoms with Crippen LogP contribution in [0.1, 0.15) is 23.1 Å². The topological polar surface area (TPSA) is 47.6 Å². The summed E-state index contributed by atoms with van der Waals surface area (Å²) in [5.74, 6) is 3.98. The van der Waals surface area contributed by atoms with Gasteiger partial charge in [0.2, 0.25) is 5.91 Å². The number of fused-ring (bicyclic) bond motifs is 1. The Morgan fingerprint density at radius 3 is 2.85 bits per heavy atom. The second-order valence-electron chi connectivity index (χ2n) is 6.33. The minimum atomic E-state index is 0.00660. The van der Waals surface area contributed by atoms with E-state index >= 15 is 0 Å². The van der Waals surface area contributed by atoms with Crippen LogP contribution in [0.15, 0.2) is 41.3 Å². The zero-order chi connectivity index (χ0) is 19.1. The first-order valence-corrected chi connectivity index (χ1v) is 9.92. The number of aryl methyl sites for hydroxylation is 2. The van der Waals surface area contributed by atoms with E-state index in [-0.39, 0.29) is 12.5 Å². The number of terminal acetylenes is 1. The van der Waals surface area contributed by atoms with Crippen LogP contribution >= 0.6 is 11.8 Å². The number of hydrogen-bond acceptors (Lipinski definition) is 4. The van der Waals surface area contributed by atoms with Gasteiger partial charge >= 0.3 is 0 Å². The predicted molar refractivity (Wildman–Crippen MR) is 108 cm³/mol. The molecule has 4 nitrogen and oxygen atoms in total. The molecule has 0 radical (unpaired) electrons. The molecule has 140 valence electrons. The number of nitrogens with one attached hydrogen (secondary N) is 1. The zero-order valence-corrected chi connectivity index (χ0v) is 16.2. The molecule has 3 rings (SSSR count). The third kappa shape index (κ3) is 5.21. The lowest BCUT2D eigenvalue weighted by atomic mass is 10.1. The van der Waals surface area contributed by atoms with E-state index < -0.39 is 0 Å². The third-order valence-corrected chi connectivity index (χ3v) is 5.46. The highest BCUT2D eigenvalue weighted by atomic mass is 32.2. The van der Waals surface area contributed by atoms with Crippen LogP contribution in [-0.2, 0) is 24.2 Å². The molecule has 0 spiro atoms. The Bertz CT molecular complexity index is 857. The van der Waals surface area contributed by atoms with Crippen LogP contribution < -0.4 is 14.8 Å². The summed E-state index contributed by atoms with van der Waals surface area (Å²) >= 11 is 1.46. The molecule has 0 aliphatic heterocycles. The van der Waals surface area contributed by atoms with Crippen molar-refractivity contribution in [2.45, 2.75) is 30.7 Å². The number of amides is 1. The third-order valence-electron chi connectivity index (χ3n) is 4.47. The Kier molecular flexibility index (Phi) is 6.67. The Morgan fingerprint density at radius 2 is 2.04 bits per heavy atom. The van der Waals surface area contributed by atoms with Gasteiger partial charge in [-0.25, -0.2) is 0 Å². The fraction of sp³-hybridized carbons (Fsp3) is 0.318. The number of methoxy groups -OCH3 is 1. The fourth-order valence-electron chi connectivity index (χ4n) is 3.11. The predicted octanol–water partition coefficient (Wildman–Crippen LogP) is 3.60. The summed E-state index contributed by atoms with van der Waals surface area (Å²) in [6.07, 6.45) is 8.77. The van der Waals surface area contributed by atoms with Gasteiger partial charge in [0, 0.05) is 11.4 Å². The van der Waals surface area contributed by atoms with Crippen molar-refractivity contribution in [2.24, 2.45) is 0 Å². The van der Waals surface area contributed by atoms with Gasteiger partial charge in [0.25, 0.3) is 0 Å². The first-order chi connectivity index (χ1) is 13.2. The molecule has 0 aromatic heterocycles. The molecule has 0 bridgehead atoms. The minimum Gasteiger partial charge on any atom is -0.493 e. The maximum Gasteiger partial charge on any atom is 0.230 e. The molecule has 0 atom stereocenters. The van der Waals surface area contributed by atoms with E-state index in [1.54, 1.807) is 13.2 Å². The summed E-state index contributed by atoms with van der Waals surface area (Å²) in [6, 6.07) is 12.1. The highest BCUT2D eigenvalue weighted by Crippen LogP contribution is 2.32. The summed E-state index contributed by atoms with van der Waals surface area (Å²) in [5, 5.41) is 2.99. The molecule has 1 aliphatic rings. The van der Waals surface area contributed by atoms with E-state index in [0.29, 0.717) is 23.8 Å². The molecule has 0 unspecified atom stereocenters. The van der Waals surface area contributed by atoms with Crippen molar-refractivity contribution in [3.05, 3.63) is 53.1 Å². The van der Waals surface area contributed by atoms with Gasteiger partial charge in [-0.3, -0.25) is 4.79 Å². The van der Waals surface area contributed by atoms with Gasteiger partial charge in [-0.2, -0.15) is 0 Å². The van der Waals surface area contributed by atoms with Gasteiger partial charge in [-0.1, -0.05) is 24.1 Å². The SMILES string of the molecule is C#CCOc1ccc(SCC(=O)NCc2ccc3c(c2)CCC3)cc1OC. The van der Waals surface area contributed by atoms with Gasteiger partial charge in [0.1, 0.15) is 6.61 Å². The standard InChI is InChI=1S/C22H23NO3S/c1-3-11-26-20-10-9-19(13-21(20)25-2)27-15-22(24)23-14-16-7-8-17-5-4-6-18(17)12-16/h1,7-10,12-13H,4-6,11,14-15H2,2H3,(H,23,24). The monoisotopic (exact) mass is 381 g/mol. The van der Waals surface area contributed by atoms with Gasteiger partial charge in [-0.05, 0) is 54.2 Å². The van der Waals surface area contributed by atoms with Crippen molar-refractivity contribution in [3.63, 3.8) is 0 Å². The van der Waals surface area contributed by atoms with Crippen LogP contribution in [0.25, 0.3) is 0 Å². The fourth-order valence-corrected chi connectivity index (χ4v) is 3.87. The summed E-state index contributed by atoms with van der Waals surface area (Å²) in [4.78, 5) is 13.1. The number of ether oxygens (including phenoxy) is 2. The molecular weight excluding hydrogens is 358 g/mol. The summed E-state index contributed by atoms with van der Waals surface area (Å²) < 4.78 is 10.8. The average Bonchev–Trinajstić information content (AvgIpc) is 3.17. The van der Waals surface area contributed by atoms with Crippen LogP contribution in [-0.4, -0.2) is 25.4 Å². The molecule has 0 heterocycles. The lowest BCUT2D eigenvalue weighted by Gasteiger charge is -2.11. The van der Waals surface area contributed by atoms with Gasteiger partial charge in [0.15, 0.2) is 11.5 Å². The van der Waals surface area contributed by atoms with E-state index in [9.17, 15) is 4.79 Å². The highest BCUT2D eigenvalue weighted by Gasteiger charge is 2.11. The van der Waals surface area contributed by atoms with Crippen LogP contribution in [0.4, 0.5) is 0 Å². The molecule has 0 saturated heterocycles. The quantitative estimate of drug-likeness (QED) is 0.561. The van der Waals surface area contributed by atoms with Crippen molar-refractivity contribution in [1.82, 2.24) is 5.32 Å². The molecular formula is C22H23NO3S. The summed E-state index contributed by atoms with van der Waals surface area (Å²) in [7, 11) is 1.58. The van der Waals surface area contributed by atoms with E-state index in [1.807, 2.05) is 12.1 Å². The molecule has 2 aromatic carbocycles. The molecule has 1 N–H and O–H groups in total. The normalized spacial score (nSPS) is 12.1. The maximum atomic E-state index is 12.2. The lowest BCUT2D eigenvalue weighted by molar-refractivity contribution is -0.118. The summed E-state index contributed by atoms with van der Waals surface area (Å²) in [6.45, 7) is 0.753. The number of benzene rings is 2. The van der Waals surface area contributed by atoms with Crippen LogP contribution in [0, 0.1) is 12.3 Å². The van der Waals surface area contributed by atoms with Crippen molar-refractivity contribution >= 4 is 17.7 Å². The second kappa shape index (κ2) is 9.38. The summed E-state index contributed by atoms with van der Waals surface area (Å²) in [5.41, 5.74) is 4.03. The average molecular weight is 381 g/mol. The van der Waals surface area contributed by atoms with Gasteiger partial charge in [0.05, 0.1) is 12.9 Å². The van der Waals surface area contributed by atoms with E-state index in [0.717, 1.165) is 16.9 Å². The molecule has 0 fully saturated rings. The van der Waals surface area contributed by atoms with Gasteiger partial charge in [-0.15, -0.1) is 18.2 Å². The lowest BCUT2D eigenvalue weighted by Crippen LogP contribution is -2.24. The second-order valence-corrected chi connectivity index (χ2v) is 7.38. The van der Waals surface area contributed by atoms with Gasteiger partial charge < -0.3 is 14.8 Å². The van der Waals surface area contributed by atoms with Crippen molar-refractivity contribution in [3.8, 4) is 23.8 Å². The molecule has 0 saturated carbocycles. The van der Waals surface area contributed by atoms with Crippen molar-refractivity contribution < 1.29 is 14.3 Å². The molecule has 5 heteroatoms. The molecule has 1 amide bonds. The van der Waals surface area contributed by atoms with Crippen LogP contribution in [0.2, 0.25) is 0 Å². The van der Waals surface area contributed by atoms with Crippen LogP contribution in [0.5, 0.6) is 11.5 Å². The van der Waals surface area contributed by atoms with E-state index in [2.05, 4.69) is 29.4 Å². The van der Waals surface area contributed by atoms with Crippen molar-refractivity contribution in [1.29, 1.82) is 0 Å². The van der Waals surface area contributed by atoms with Crippen LogP contribution in [0.3, 0.4) is 0 Å². The minimum absolute atomic E-state index is 0.00660. The number of thioether (sulfide) groups is 1. The number of hydrogen-bond donors (Lipinski definition) is 1. The largest absolute Gasteiger partial charge is 0.493 e.